The molecule has 0 bridgehead atoms. The Hall–Kier alpha value is -2.14. The summed E-state index contributed by atoms with van der Waals surface area (Å²) in [6.45, 7) is 2.52. The Balaban J connectivity index is 1.90. The molecule has 21 heavy (non-hydrogen) atoms. The number of aromatic nitrogens is 3. The van der Waals surface area contributed by atoms with Crippen LogP contribution in [0.2, 0.25) is 5.02 Å². The lowest BCUT2D eigenvalue weighted by atomic mass is 10.1. The first-order chi connectivity index (χ1) is 10.0. The predicted molar refractivity (Wildman–Crippen MR) is 81.8 cm³/mol. The third-order valence-electron chi connectivity index (χ3n) is 3.49. The topological polar surface area (TPSA) is 56.7 Å². The van der Waals surface area contributed by atoms with E-state index in [1.54, 1.807) is 18.3 Å². The lowest BCUT2D eigenvalue weighted by Crippen LogP contribution is -2.07. The molecule has 0 atom stereocenters. The van der Waals surface area contributed by atoms with Crippen molar-refractivity contribution in [1.82, 2.24) is 14.5 Å². The summed E-state index contributed by atoms with van der Waals surface area (Å²) in [6.07, 6.45) is 2.30. The highest BCUT2D eigenvalue weighted by Gasteiger charge is 2.10. The zero-order valence-corrected chi connectivity index (χ0v) is 12.2. The average molecular weight is 305 g/mol. The number of hydrogen-bond acceptors (Lipinski definition) is 3. The Morgan fingerprint density at radius 3 is 2.90 bits per heavy atom. The summed E-state index contributed by atoms with van der Waals surface area (Å²) in [5.41, 5.74) is 9.32. The fraction of sp³-hybridized carbons (Fsp3) is 0.200. The van der Waals surface area contributed by atoms with Crippen molar-refractivity contribution >= 4 is 28.7 Å². The first-order valence-corrected chi connectivity index (χ1v) is 6.94. The van der Waals surface area contributed by atoms with Crippen molar-refractivity contribution in [3.63, 3.8) is 0 Å². The fourth-order valence-corrected chi connectivity index (χ4v) is 2.55. The normalized spacial score (nSPS) is 11.2. The van der Waals surface area contributed by atoms with Crippen molar-refractivity contribution in [2.75, 3.05) is 5.73 Å². The molecule has 0 fully saturated rings. The average Bonchev–Trinajstić information content (AvgIpc) is 2.72. The molecule has 2 N–H and O–H groups in total. The Bertz CT molecular complexity index is 813. The molecule has 0 aliphatic heterocycles. The second kappa shape index (κ2) is 5.33. The first kappa shape index (κ1) is 13.8. The second-order valence-corrected chi connectivity index (χ2v) is 5.38. The van der Waals surface area contributed by atoms with E-state index < -0.39 is 0 Å². The van der Waals surface area contributed by atoms with Gasteiger partial charge in [-0.2, -0.15) is 0 Å². The summed E-state index contributed by atoms with van der Waals surface area (Å²) in [4.78, 5) is 8.54. The molecular formula is C15H14ClFN4. The van der Waals surface area contributed by atoms with Crippen LogP contribution in [-0.4, -0.2) is 14.5 Å². The highest BCUT2D eigenvalue weighted by Crippen LogP contribution is 2.20. The lowest BCUT2D eigenvalue weighted by Gasteiger charge is -2.08. The molecule has 2 aromatic heterocycles. The highest BCUT2D eigenvalue weighted by atomic mass is 35.5. The number of imidazole rings is 1. The molecule has 0 aliphatic rings. The highest BCUT2D eigenvalue weighted by molar-refractivity contribution is 6.31. The van der Waals surface area contributed by atoms with Gasteiger partial charge in [-0.05, 0) is 42.7 Å². The van der Waals surface area contributed by atoms with Crippen LogP contribution >= 0.6 is 11.6 Å². The van der Waals surface area contributed by atoms with Gasteiger partial charge in [0.05, 0.1) is 5.02 Å². The lowest BCUT2D eigenvalue weighted by molar-refractivity contribution is 0.624. The predicted octanol–water partition coefficient (Wildman–Crippen LogP) is 3.36. The van der Waals surface area contributed by atoms with Crippen LogP contribution in [0, 0.1) is 12.7 Å². The standard InChI is InChI=1S/C15H14ClFN4/c1-9-6-12(17)3-2-10(9)4-5-21-14-13(20-15(21)18)7-11(16)8-19-14/h2-3,6-8H,4-5H2,1H3,(H2,18,20). The molecule has 3 rings (SSSR count). The van der Waals surface area contributed by atoms with Crippen LogP contribution in [0.5, 0.6) is 0 Å². The summed E-state index contributed by atoms with van der Waals surface area (Å²) in [6, 6.07) is 6.53. The van der Waals surface area contributed by atoms with Crippen molar-refractivity contribution in [3.05, 3.63) is 52.4 Å². The van der Waals surface area contributed by atoms with Crippen molar-refractivity contribution in [3.8, 4) is 0 Å². The number of rotatable bonds is 3. The maximum absolute atomic E-state index is 13.1. The van der Waals surface area contributed by atoms with Gasteiger partial charge in [-0.15, -0.1) is 0 Å². The molecule has 0 unspecified atom stereocenters. The largest absolute Gasteiger partial charge is 0.369 e. The van der Waals surface area contributed by atoms with Gasteiger partial charge in [0.25, 0.3) is 0 Å². The molecule has 1 aromatic carbocycles. The van der Waals surface area contributed by atoms with E-state index in [1.165, 1.54) is 12.1 Å². The van der Waals surface area contributed by atoms with E-state index in [0.29, 0.717) is 28.7 Å². The number of nitrogens with two attached hydrogens (primary N) is 1. The van der Waals surface area contributed by atoms with Crippen LogP contribution in [0.25, 0.3) is 11.2 Å². The van der Waals surface area contributed by atoms with Crippen LogP contribution in [0.4, 0.5) is 10.3 Å². The van der Waals surface area contributed by atoms with Gasteiger partial charge in [0.2, 0.25) is 5.95 Å². The SMILES string of the molecule is Cc1cc(F)ccc1CCn1c(N)nc2cc(Cl)cnc21. The Morgan fingerprint density at radius 2 is 2.14 bits per heavy atom. The van der Waals surface area contributed by atoms with Crippen LogP contribution in [-0.2, 0) is 13.0 Å². The molecule has 0 saturated carbocycles. The number of fused-ring (bicyclic) bond motifs is 1. The maximum atomic E-state index is 13.1. The van der Waals surface area contributed by atoms with Crippen molar-refractivity contribution in [1.29, 1.82) is 0 Å². The molecule has 0 saturated heterocycles. The smallest absolute Gasteiger partial charge is 0.202 e. The molecule has 3 aromatic rings. The zero-order chi connectivity index (χ0) is 15.0. The summed E-state index contributed by atoms with van der Waals surface area (Å²) < 4.78 is 15.0. The maximum Gasteiger partial charge on any atom is 0.202 e. The van der Waals surface area contributed by atoms with Gasteiger partial charge in [-0.3, -0.25) is 4.57 Å². The van der Waals surface area contributed by atoms with Gasteiger partial charge in [-0.25, -0.2) is 14.4 Å². The Kier molecular flexibility index (Phi) is 3.51. The number of pyridine rings is 1. The van der Waals surface area contributed by atoms with Crippen molar-refractivity contribution in [2.45, 2.75) is 19.9 Å². The third-order valence-corrected chi connectivity index (χ3v) is 3.70. The molecule has 0 amide bonds. The number of anilines is 1. The minimum Gasteiger partial charge on any atom is -0.369 e. The molecule has 2 heterocycles. The summed E-state index contributed by atoms with van der Waals surface area (Å²) in [7, 11) is 0. The molecular weight excluding hydrogens is 291 g/mol. The van der Waals surface area contributed by atoms with E-state index in [2.05, 4.69) is 9.97 Å². The number of nitrogens with zero attached hydrogens (tertiary/aromatic N) is 3. The third kappa shape index (κ3) is 2.69. The second-order valence-electron chi connectivity index (χ2n) is 4.94. The first-order valence-electron chi connectivity index (χ1n) is 6.57. The van der Waals surface area contributed by atoms with E-state index in [-0.39, 0.29) is 5.82 Å². The summed E-state index contributed by atoms with van der Waals surface area (Å²) in [5, 5.41) is 0.529. The Morgan fingerprint density at radius 1 is 1.33 bits per heavy atom. The van der Waals surface area contributed by atoms with Gasteiger partial charge < -0.3 is 5.73 Å². The molecule has 4 nitrogen and oxygen atoms in total. The van der Waals surface area contributed by atoms with E-state index in [4.69, 9.17) is 17.3 Å². The van der Waals surface area contributed by atoms with Crippen LogP contribution in [0.1, 0.15) is 11.1 Å². The fourth-order valence-electron chi connectivity index (χ4n) is 2.40. The molecule has 0 aliphatic carbocycles. The van der Waals surface area contributed by atoms with E-state index in [1.807, 2.05) is 11.5 Å². The molecule has 0 radical (unpaired) electrons. The van der Waals surface area contributed by atoms with Gasteiger partial charge in [0.15, 0.2) is 5.65 Å². The van der Waals surface area contributed by atoms with Crippen molar-refractivity contribution < 1.29 is 4.39 Å². The van der Waals surface area contributed by atoms with Gasteiger partial charge in [0, 0.05) is 12.7 Å². The molecule has 6 heteroatoms. The Labute approximate surface area is 126 Å². The van der Waals surface area contributed by atoms with Crippen molar-refractivity contribution in [2.24, 2.45) is 0 Å². The van der Waals surface area contributed by atoms with Gasteiger partial charge in [0.1, 0.15) is 11.3 Å². The zero-order valence-electron chi connectivity index (χ0n) is 11.5. The van der Waals surface area contributed by atoms with Crippen LogP contribution in [0.15, 0.2) is 30.5 Å². The number of benzene rings is 1. The van der Waals surface area contributed by atoms with Crippen LogP contribution in [0.3, 0.4) is 0 Å². The summed E-state index contributed by atoms with van der Waals surface area (Å²) >= 11 is 5.90. The number of halogens is 2. The number of hydrogen-bond donors (Lipinski definition) is 1. The monoisotopic (exact) mass is 304 g/mol. The minimum absolute atomic E-state index is 0.222. The molecule has 0 spiro atoms. The van der Waals surface area contributed by atoms with E-state index in [0.717, 1.165) is 17.5 Å². The van der Waals surface area contributed by atoms with E-state index in [9.17, 15) is 4.39 Å². The van der Waals surface area contributed by atoms with Crippen LogP contribution < -0.4 is 5.73 Å². The van der Waals surface area contributed by atoms with Gasteiger partial charge >= 0.3 is 0 Å². The number of aryl methyl sites for hydroxylation is 3. The van der Waals surface area contributed by atoms with E-state index >= 15 is 0 Å². The number of nitrogen functional groups attached to an aromatic ring is 1. The quantitative estimate of drug-likeness (QED) is 0.807. The minimum atomic E-state index is -0.222. The van der Waals surface area contributed by atoms with Gasteiger partial charge in [-0.1, -0.05) is 17.7 Å². The molecule has 108 valence electrons. The summed E-state index contributed by atoms with van der Waals surface area (Å²) in [5.74, 6) is 0.180.